The first-order valence-corrected chi connectivity index (χ1v) is 23.7. The topological polar surface area (TPSA) is 193 Å². The summed E-state index contributed by atoms with van der Waals surface area (Å²) in [4.78, 5) is 49.8. The van der Waals surface area contributed by atoms with E-state index < -0.39 is 0 Å². The first kappa shape index (κ1) is 42.2. The average Bonchev–Trinajstić information content (AvgIpc) is 4.24. The molecule has 12 nitrogen and oxygen atoms in total. The van der Waals surface area contributed by atoms with Crippen LogP contribution in [-0.2, 0) is 0 Å². The van der Waals surface area contributed by atoms with Crippen molar-refractivity contribution in [2.45, 2.75) is 0 Å². The van der Waals surface area contributed by atoms with E-state index in [1.165, 1.54) is 11.5 Å². The number of hydrogen-bond acceptors (Lipinski definition) is 10. The fraction of sp³-hybridized carbons (Fsp3) is 0. The van der Waals surface area contributed by atoms with E-state index in [1.54, 1.807) is 18.2 Å². The minimum Gasteiger partial charge on any atom is -0.398 e. The minimum atomic E-state index is -0.0323. The van der Waals surface area contributed by atoms with Gasteiger partial charge in [-0.15, -0.1) is 0 Å². The summed E-state index contributed by atoms with van der Waals surface area (Å²) >= 11 is 13.7. The van der Waals surface area contributed by atoms with E-state index >= 15 is 0 Å². The second-order valence-electron chi connectivity index (χ2n) is 17.1. The van der Waals surface area contributed by atoms with Gasteiger partial charge >= 0.3 is 0 Å². The molecule has 0 fully saturated rings. The molecule has 16 rings (SSSR count). The maximum absolute atomic E-state index is 12.5. The van der Waals surface area contributed by atoms with E-state index in [0.717, 1.165) is 99.0 Å². The molecule has 5 N–H and O–H groups in total. The Morgan fingerprint density at radius 1 is 0.366 bits per heavy atom. The molecule has 0 aliphatic heterocycles. The second kappa shape index (κ2) is 16.1. The van der Waals surface area contributed by atoms with Crippen LogP contribution in [0.15, 0.2) is 152 Å². The van der Waals surface area contributed by atoms with Crippen molar-refractivity contribution in [1.82, 2.24) is 35.0 Å². The molecule has 0 bridgehead atoms. The van der Waals surface area contributed by atoms with Crippen LogP contribution < -0.4 is 5.73 Å². The van der Waals surface area contributed by atoms with Crippen LogP contribution in [-0.4, -0.2) is 58.1 Å². The standard InChI is InChI=1S/2C14H7ClN2O.C14H8N2OS.C14H8N2O/c15-9-5-1-3-7-11(9)14(18)8-4-2-6-10-12(8)13(7)17-16-10;15-9-5-6-10-12-11(9)14(18)8-4-2-1-3-7(8)13(12)17-16-10;15-9-5-6-10-12-11(9)14(17)8-4-2-1-3-7(8)13(12)16-18-10;17-14-9-5-2-1-4-8(9)13-12-10(14)6-3-7-11(12)15-16-13/h2*1-6H,(H,16,17);1-6H,15H2;1-7H,(H,15,16). The Bertz CT molecular complexity index is 4200. The maximum Gasteiger partial charge on any atom is 0.196 e. The highest BCUT2D eigenvalue weighted by molar-refractivity contribution is 7.13. The summed E-state index contributed by atoms with van der Waals surface area (Å²) in [6, 6.07) is 46.6. The van der Waals surface area contributed by atoms with Gasteiger partial charge in [-0.05, 0) is 54.0 Å². The Morgan fingerprint density at radius 2 is 0.803 bits per heavy atom. The quantitative estimate of drug-likeness (QED) is 0.107. The van der Waals surface area contributed by atoms with Crippen molar-refractivity contribution in [3.8, 4) is 45.0 Å². The first-order valence-electron chi connectivity index (χ1n) is 22.2. The number of H-pyrrole nitrogens is 3. The predicted molar refractivity (Wildman–Crippen MR) is 278 cm³/mol. The maximum atomic E-state index is 12.5. The molecule has 0 unspecified atom stereocenters. The molecule has 0 radical (unpaired) electrons. The number of rotatable bonds is 0. The Morgan fingerprint density at radius 3 is 1.42 bits per heavy atom. The molecule has 0 atom stereocenters. The molecule has 15 heteroatoms. The highest BCUT2D eigenvalue weighted by atomic mass is 35.5. The van der Waals surface area contributed by atoms with Crippen LogP contribution in [0.2, 0.25) is 10.0 Å². The summed E-state index contributed by atoms with van der Waals surface area (Å²) in [5, 5.41) is 26.3. The monoisotopic (exact) mass is 980 g/mol. The number of ketones is 4. The summed E-state index contributed by atoms with van der Waals surface area (Å²) in [7, 11) is 0. The lowest BCUT2D eigenvalue weighted by molar-refractivity contribution is 0.103. The Labute approximate surface area is 415 Å². The molecule has 0 saturated carbocycles. The van der Waals surface area contributed by atoms with Crippen molar-refractivity contribution in [2.24, 2.45) is 0 Å². The number of carbonyl (C=O) groups is 4. The van der Waals surface area contributed by atoms with Crippen LogP contribution in [0, 0.1) is 0 Å². The van der Waals surface area contributed by atoms with Gasteiger partial charge in [0.25, 0.3) is 0 Å². The molecule has 12 aromatic rings. The summed E-state index contributed by atoms with van der Waals surface area (Å²) < 4.78 is 5.49. The number of nitrogen functional groups attached to an aromatic ring is 1. The van der Waals surface area contributed by atoms with Gasteiger partial charge in [0.15, 0.2) is 23.1 Å². The molecule has 4 aliphatic carbocycles. The van der Waals surface area contributed by atoms with Gasteiger partial charge in [0.1, 0.15) is 17.1 Å². The van der Waals surface area contributed by atoms with E-state index in [9.17, 15) is 19.2 Å². The molecule has 4 heterocycles. The van der Waals surface area contributed by atoms with Gasteiger partial charge in [-0.2, -0.15) is 19.7 Å². The lowest BCUT2D eigenvalue weighted by Crippen LogP contribution is -2.11. The van der Waals surface area contributed by atoms with E-state index in [0.29, 0.717) is 49.1 Å². The second-order valence-corrected chi connectivity index (χ2v) is 18.7. The fourth-order valence-electron chi connectivity index (χ4n) is 10.1. The zero-order valence-corrected chi connectivity index (χ0v) is 38.9. The van der Waals surface area contributed by atoms with Crippen LogP contribution >= 0.6 is 34.7 Å². The van der Waals surface area contributed by atoms with E-state index in [2.05, 4.69) is 35.0 Å². The normalized spacial score (nSPS) is 12.8. The number of aromatic amines is 3. The van der Waals surface area contributed by atoms with Gasteiger partial charge in [-0.3, -0.25) is 34.5 Å². The lowest BCUT2D eigenvalue weighted by Gasteiger charge is -2.16. The van der Waals surface area contributed by atoms with Crippen molar-refractivity contribution in [2.75, 3.05) is 5.73 Å². The number of fused-ring (bicyclic) bond motifs is 8. The predicted octanol–water partition coefficient (Wildman–Crippen LogP) is 12.7. The van der Waals surface area contributed by atoms with Crippen molar-refractivity contribution in [1.29, 1.82) is 0 Å². The van der Waals surface area contributed by atoms with Crippen LogP contribution in [0.3, 0.4) is 0 Å². The van der Waals surface area contributed by atoms with Gasteiger partial charge in [0, 0.05) is 77.3 Å². The first-order chi connectivity index (χ1) is 34.7. The summed E-state index contributed by atoms with van der Waals surface area (Å²) in [5.74, 6) is 0.0201. The number of anilines is 1. The lowest BCUT2D eigenvalue weighted by atomic mass is 9.87. The molecule has 8 aromatic carbocycles. The Balaban J connectivity index is 0.0000000924. The molecular weight excluding hydrogens is 952 g/mol. The van der Waals surface area contributed by atoms with E-state index in [-0.39, 0.29) is 23.1 Å². The van der Waals surface area contributed by atoms with Crippen molar-refractivity contribution < 1.29 is 19.2 Å². The molecular formula is C56H30Cl2N8O4S. The number of carbonyl (C=O) groups excluding carboxylic acids is 4. The Kier molecular flexibility index (Phi) is 9.58. The highest BCUT2D eigenvalue weighted by Gasteiger charge is 2.32. The van der Waals surface area contributed by atoms with Gasteiger partial charge in [0.05, 0.1) is 53.7 Å². The van der Waals surface area contributed by atoms with Crippen molar-refractivity contribution in [3.05, 3.63) is 206 Å². The number of hydrogen-bond donors (Lipinski definition) is 4. The summed E-state index contributed by atoms with van der Waals surface area (Å²) in [6.45, 7) is 0. The highest BCUT2D eigenvalue weighted by Crippen LogP contribution is 2.44. The molecule has 4 aliphatic rings. The van der Waals surface area contributed by atoms with Gasteiger partial charge in [-0.1, -0.05) is 132 Å². The van der Waals surface area contributed by atoms with E-state index in [1.807, 2.05) is 133 Å². The van der Waals surface area contributed by atoms with Crippen LogP contribution in [0.1, 0.15) is 63.7 Å². The third-order valence-corrected chi connectivity index (χ3v) is 14.7. The number of benzene rings is 8. The summed E-state index contributed by atoms with van der Waals surface area (Å²) in [5.41, 5.74) is 21.2. The van der Waals surface area contributed by atoms with Gasteiger partial charge in [0.2, 0.25) is 0 Å². The average molecular weight is 982 g/mol. The fourth-order valence-corrected chi connectivity index (χ4v) is 11.4. The third kappa shape index (κ3) is 6.30. The number of halogens is 2. The molecule has 0 saturated heterocycles. The molecule has 4 aromatic heterocycles. The van der Waals surface area contributed by atoms with Crippen LogP contribution in [0.5, 0.6) is 0 Å². The molecule has 0 spiro atoms. The minimum absolute atomic E-state index is 0.00130. The number of nitrogens with two attached hydrogens (primary N) is 1. The molecule has 338 valence electrons. The smallest absolute Gasteiger partial charge is 0.196 e. The number of nitrogens with zero attached hydrogens (tertiary/aromatic N) is 4. The van der Waals surface area contributed by atoms with Gasteiger partial charge < -0.3 is 5.73 Å². The zero-order valence-electron chi connectivity index (χ0n) is 36.6. The van der Waals surface area contributed by atoms with Gasteiger partial charge in [-0.25, -0.2) is 0 Å². The number of nitrogens with one attached hydrogen (secondary N) is 3. The largest absolute Gasteiger partial charge is 0.398 e. The van der Waals surface area contributed by atoms with Crippen molar-refractivity contribution in [3.63, 3.8) is 0 Å². The molecule has 0 amide bonds. The van der Waals surface area contributed by atoms with Crippen LogP contribution in [0.25, 0.3) is 87.8 Å². The summed E-state index contributed by atoms with van der Waals surface area (Å²) in [6.07, 6.45) is 0. The van der Waals surface area contributed by atoms with Crippen molar-refractivity contribution >= 4 is 106 Å². The van der Waals surface area contributed by atoms with E-state index in [4.69, 9.17) is 28.9 Å². The Hall–Kier alpha value is -8.88. The third-order valence-electron chi connectivity index (χ3n) is 13.2. The molecule has 71 heavy (non-hydrogen) atoms. The SMILES string of the molecule is Nc1ccc2snc3c2c1C(=O)c1ccccc1-3.O=C1c2c(Cl)cccc2-c2n[nH]c3cccc1c23.O=C1c2ccccc2-c2n[nH]c3ccc(Cl)c1c23.O=C1c2ccccc2-c2n[nH]c3cccc1c23. The van der Waals surface area contributed by atoms with Crippen LogP contribution in [0.4, 0.5) is 5.69 Å². The number of aromatic nitrogens is 7. The zero-order chi connectivity index (χ0) is 48.2.